The second-order valence-corrected chi connectivity index (χ2v) is 5.69. The number of amides is 1. The van der Waals surface area contributed by atoms with E-state index in [2.05, 4.69) is 5.32 Å². The molecule has 0 aliphatic carbocycles. The van der Waals surface area contributed by atoms with Gasteiger partial charge in [0.2, 0.25) is 0 Å². The lowest BCUT2D eigenvalue weighted by atomic mass is 10.1. The third-order valence-corrected chi connectivity index (χ3v) is 3.88. The van der Waals surface area contributed by atoms with Gasteiger partial charge >= 0.3 is 0 Å². The van der Waals surface area contributed by atoms with Gasteiger partial charge in [-0.1, -0.05) is 12.1 Å². The first-order valence-electron chi connectivity index (χ1n) is 7.66. The maximum absolute atomic E-state index is 12.3. The highest BCUT2D eigenvalue weighted by molar-refractivity contribution is 6.02. The molecule has 0 saturated carbocycles. The zero-order valence-corrected chi connectivity index (χ0v) is 13.6. The molecule has 0 unspecified atom stereocenters. The number of aryl methyl sites for hydroxylation is 2. The van der Waals surface area contributed by atoms with Gasteiger partial charge < -0.3 is 14.3 Å². The van der Waals surface area contributed by atoms with Crippen LogP contribution >= 0.6 is 0 Å². The Labute approximate surface area is 139 Å². The van der Waals surface area contributed by atoms with Gasteiger partial charge in [0.1, 0.15) is 5.76 Å². The minimum Gasteiger partial charge on any atom is -0.454 e. The van der Waals surface area contributed by atoms with Crippen molar-refractivity contribution in [1.82, 2.24) is 4.57 Å². The number of anilines is 1. The monoisotopic (exact) mass is 322 g/mol. The summed E-state index contributed by atoms with van der Waals surface area (Å²) in [6, 6.07) is 14.0. The lowest BCUT2D eigenvalue weighted by Crippen LogP contribution is -2.18. The van der Waals surface area contributed by atoms with Crippen molar-refractivity contribution in [3.05, 3.63) is 87.7 Å². The summed E-state index contributed by atoms with van der Waals surface area (Å²) >= 11 is 0. The zero-order valence-electron chi connectivity index (χ0n) is 13.6. The third-order valence-electron chi connectivity index (χ3n) is 3.88. The lowest BCUT2D eigenvalue weighted by molar-refractivity contribution is 0.0994. The highest BCUT2D eigenvalue weighted by atomic mass is 16.4. The fourth-order valence-electron chi connectivity index (χ4n) is 2.36. The van der Waals surface area contributed by atoms with Gasteiger partial charge in [0.25, 0.3) is 11.5 Å². The number of rotatable bonds is 4. The van der Waals surface area contributed by atoms with E-state index in [4.69, 9.17) is 4.42 Å². The average Bonchev–Trinajstić information content (AvgIpc) is 3.02. The van der Waals surface area contributed by atoms with Gasteiger partial charge in [0, 0.05) is 18.0 Å². The van der Waals surface area contributed by atoms with Crippen LogP contribution in [0.2, 0.25) is 0 Å². The molecule has 2 heterocycles. The molecular weight excluding hydrogens is 304 g/mol. The van der Waals surface area contributed by atoms with Crippen LogP contribution in [0.5, 0.6) is 0 Å². The average molecular weight is 322 g/mol. The number of furan rings is 1. The van der Waals surface area contributed by atoms with E-state index < -0.39 is 0 Å². The Bertz CT molecular complexity index is 938. The molecule has 24 heavy (non-hydrogen) atoms. The molecule has 122 valence electrons. The minimum absolute atomic E-state index is 0.116. The van der Waals surface area contributed by atoms with Gasteiger partial charge in [-0.15, -0.1) is 0 Å². The molecule has 5 nitrogen and oxygen atoms in total. The second kappa shape index (κ2) is 6.58. The van der Waals surface area contributed by atoms with Crippen molar-refractivity contribution in [3.63, 3.8) is 0 Å². The van der Waals surface area contributed by atoms with Gasteiger partial charge in [-0.25, -0.2) is 0 Å². The Balaban J connectivity index is 1.73. The molecular formula is C19H18N2O3. The van der Waals surface area contributed by atoms with Gasteiger partial charge in [0.05, 0.1) is 6.54 Å². The molecule has 1 amide bonds. The quantitative estimate of drug-likeness (QED) is 0.801. The molecule has 0 radical (unpaired) electrons. The Morgan fingerprint density at radius 2 is 1.92 bits per heavy atom. The maximum atomic E-state index is 12.3. The van der Waals surface area contributed by atoms with E-state index in [1.54, 1.807) is 30.5 Å². The van der Waals surface area contributed by atoms with Crippen molar-refractivity contribution in [3.8, 4) is 0 Å². The second-order valence-electron chi connectivity index (χ2n) is 5.69. The molecule has 1 N–H and O–H groups in total. The van der Waals surface area contributed by atoms with E-state index in [-0.39, 0.29) is 23.8 Å². The van der Waals surface area contributed by atoms with Gasteiger partial charge in [-0.3, -0.25) is 9.59 Å². The van der Waals surface area contributed by atoms with Crippen molar-refractivity contribution in [2.45, 2.75) is 20.4 Å². The van der Waals surface area contributed by atoms with Crippen molar-refractivity contribution >= 4 is 11.6 Å². The highest BCUT2D eigenvalue weighted by Crippen LogP contribution is 2.16. The summed E-state index contributed by atoms with van der Waals surface area (Å²) in [7, 11) is 0. The minimum atomic E-state index is -0.315. The van der Waals surface area contributed by atoms with Crippen LogP contribution in [0.25, 0.3) is 0 Å². The fourth-order valence-corrected chi connectivity index (χ4v) is 2.36. The summed E-state index contributed by atoms with van der Waals surface area (Å²) in [6.07, 6.45) is 1.68. The van der Waals surface area contributed by atoms with Crippen LogP contribution in [0.3, 0.4) is 0 Å². The number of nitrogens with zero attached hydrogens (tertiary/aromatic N) is 1. The van der Waals surface area contributed by atoms with Crippen molar-refractivity contribution < 1.29 is 9.21 Å². The number of carbonyl (C=O) groups excluding carboxylic acids is 1. The number of hydrogen-bond donors (Lipinski definition) is 1. The largest absolute Gasteiger partial charge is 0.454 e. The van der Waals surface area contributed by atoms with Crippen LogP contribution in [0.4, 0.5) is 5.69 Å². The highest BCUT2D eigenvalue weighted by Gasteiger charge is 2.12. The summed E-state index contributed by atoms with van der Waals surface area (Å²) in [5.41, 5.74) is 2.88. The normalized spacial score (nSPS) is 10.6. The van der Waals surface area contributed by atoms with Gasteiger partial charge in [-0.05, 0) is 55.3 Å². The number of benzene rings is 1. The topological polar surface area (TPSA) is 64.2 Å². The molecule has 0 bridgehead atoms. The molecule has 5 heteroatoms. The van der Waals surface area contributed by atoms with E-state index in [9.17, 15) is 9.59 Å². The summed E-state index contributed by atoms with van der Waals surface area (Å²) in [6.45, 7) is 4.30. The van der Waals surface area contributed by atoms with Crippen molar-refractivity contribution in [2.24, 2.45) is 0 Å². The number of aromatic nitrogens is 1. The smallest absolute Gasteiger partial charge is 0.291 e. The first-order valence-corrected chi connectivity index (χ1v) is 7.66. The molecule has 0 aliphatic heterocycles. The van der Waals surface area contributed by atoms with Crippen molar-refractivity contribution in [2.75, 3.05) is 5.32 Å². The Hall–Kier alpha value is -3.08. The standard InChI is InChI=1S/C19H18N2O3/c1-13-6-7-15(11-14(13)2)20-19(23)17-9-8-16(24-17)12-21-10-4-3-5-18(21)22/h3-11H,12H2,1-2H3,(H,20,23). The van der Waals surface area contributed by atoms with Gasteiger partial charge in [0.15, 0.2) is 5.76 Å². The van der Waals surface area contributed by atoms with Gasteiger partial charge in [-0.2, -0.15) is 0 Å². The number of hydrogen-bond acceptors (Lipinski definition) is 3. The van der Waals surface area contributed by atoms with Crippen LogP contribution in [0.1, 0.15) is 27.4 Å². The predicted molar refractivity (Wildman–Crippen MR) is 92.4 cm³/mol. The summed E-state index contributed by atoms with van der Waals surface area (Å²) in [5.74, 6) is 0.450. The third kappa shape index (κ3) is 3.46. The van der Waals surface area contributed by atoms with Crippen LogP contribution < -0.4 is 10.9 Å². The summed E-state index contributed by atoms with van der Waals surface area (Å²) < 4.78 is 7.08. The fraction of sp³-hybridized carbons (Fsp3) is 0.158. The number of pyridine rings is 1. The molecule has 0 fully saturated rings. The van der Waals surface area contributed by atoms with E-state index in [0.29, 0.717) is 5.76 Å². The van der Waals surface area contributed by atoms with Crippen LogP contribution in [-0.2, 0) is 6.54 Å². The molecule has 0 saturated heterocycles. The van der Waals surface area contributed by atoms with Crippen LogP contribution in [0, 0.1) is 13.8 Å². The Kier molecular flexibility index (Phi) is 4.33. The van der Waals surface area contributed by atoms with E-state index in [1.807, 2.05) is 32.0 Å². The zero-order chi connectivity index (χ0) is 17.1. The predicted octanol–water partition coefficient (Wildman–Crippen LogP) is 3.36. The summed E-state index contributed by atoms with van der Waals surface area (Å²) in [5, 5.41) is 2.81. The first kappa shape index (κ1) is 15.8. The van der Waals surface area contributed by atoms with E-state index in [1.165, 1.54) is 16.2 Å². The van der Waals surface area contributed by atoms with Crippen molar-refractivity contribution in [1.29, 1.82) is 0 Å². The lowest BCUT2D eigenvalue weighted by Gasteiger charge is -2.06. The summed E-state index contributed by atoms with van der Waals surface area (Å²) in [4.78, 5) is 24.0. The van der Waals surface area contributed by atoms with E-state index >= 15 is 0 Å². The van der Waals surface area contributed by atoms with Crippen LogP contribution in [-0.4, -0.2) is 10.5 Å². The van der Waals surface area contributed by atoms with E-state index in [0.717, 1.165) is 11.3 Å². The number of nitrogens with one attached hydrogen (secondary N) is 1. The Morgan fingerprint density at radius 3 is 2.67 bits per heavy atom. The molecule has 2 aromatic heterocycles. The molecule has 3 aromatic rings. The Morgan fingerprint density at radius 1 is 1.08 bits per heavy atom. The maximum Gasteiger partial charge on any atom is 0.291 e. The molecule has 3 rings (SSSR count). The van der Waals surface area contributed by atoms with Crippen LogP contribution in [0.15, 0.2) is 63.9 Å². The molecule has 0 atom stereocenters. The first-order chi connectivity index (χ1) is 11.5. The molecule has 0 spiro atoms. The SMILES string of the molecule is Cc1ccc(NC(=O)c2ccc(Cn3ccccc3=O)o2)cc1C. The number of carbonyl (C=O) groups is 1. The molecule has 1 aromatic carbocycles. The molecule has 0 aliphatic rings.